The zero-order valence-electron chi connectivity index (χ0n) is 15.2. The van der Waals surface area contributed by atoms with Crippen LogP contribution in [-0.2, 0) is 16.0 Å². The maximum atomic E-state index is 12.8. The number of carbonyl (C=O) groups is 1. The van der Waals surface area contributed by atoms with Crippen molar-refractivity contribution >= 4 is 21.4 Å². The molecule has 0 fully saturated rings. The van der Waals surface area contributed by atoms with Crippen LogP contribution in [0.15, 0.2) is 82.6 Å². The summed E-state index contributed by atoms with van der Waals surface area (Å²) >= 11 is 0. The van der Waals surface area contributed by atoms with E-state index in [-0.39, 0.29) is 21.0 Å². The molecular formula is C21H16F3NO3S. The van der Waals surface area contributed by atoms with Crippen molar-refractivity contribution in [1.82, 2.24) is 0 Å². The topological polar surface area (TPSA) is 63.2 Å². The summed E-state index contributed by atoms with van der Waals surface area (Å²) in [6.45, 7) is 1.85. The van der Waals surface area contributed by atoms with E-state index in [0.717, 1.165) is 23.8 Å². The van der Waals surface area contributed by atoms with E-state index >= 15 is 0 Å². The smallest absolute Gasteiger partial charge is 0.322 e. The van der Waals surface area contributed by atoms with Crippen molar-refractivity contribution in [1.29, 1.82) is 0 Å². The van der Waals surface area contributed by atoms with Crippen LogP contribution >= 0.6 is 0 Å². The summed E-state index contributed by atoms with van der Waals surface area (Å²) in [5, 5.41) is 2.46. The fraction of sp³-hybridized carbons (Fsp3) is 0.0952. The highest BCUT2D eigenvalue weighted by atomic mass is 32.2. The molecule has 0 saturated heterocycles. The number of aryl methyl sites for hydroxylation is 1. The molecule has 0 aliphatic carbocycles. The second-order valence-electron chi connectivity index (χ2n) is 6.37. The first-order valence-corrected chi connectivity index (χ1v) is 9.96. The van der Waals surface area contributed by atoms with Crippen LogP contribution in [0.4, 0.5) is 18.9 Å². The lowest BCUT2D eigenvalue weighted by Gasteiger charge is -2.10. The van der Waals surface area contributed by atoms with Crippen LogP contribution in [0.25, 0.3) is 0 Å². The first-order valence-electron chi connectivity index (χ1n) is 8.48. The minimum absolute atomic E-state index is 0.0402. The molecule has 3 aromatic carbocycles. The minimum Gasteiger partial charge on any atom is -0.322 e. The number of hydrogen-bond acceptors (Lipinski definition) is 3. The number of anilines is 1. The van der Waals surface area contributed by atoms with Gasteiger partial charge in [0, 0.05) is 11.3 Å². The fourth-order valence-corrected chi connectivity index (χ4v) is 3.87. The Labute approximate surface area is 165 Å². The Bertz CT molecular complexity index is 1140. The predicted octanol–water partition coefficient (Wildman–Crippen LogP) is 5.10. The number of nitrogens with one attached hydrogen (secondary N) is 1. The Hall–Kier alpha value is -3.13. The second kappa shape index (κ2) is 7.71. The van der Waals surface area contributed by atoms with Gasteiger partial charge < -0.3 is 5.32 Å². The summed E-state index contributed by atoms with van der Waals surface area (Å²) in [5.74, 6) is -0.731. The molecule has 0 atom stereocenters. The highest BCUT2D eigenvalue weighted by Gasteiger charge is 2.30. The Morgan fingerprint density at radius 3 is 1.97 bits per heavy atom. The quantitative estimate of drug-likeness (QED) is 0.640. The van der Waals surface area contributed by atoms with E-state index in [0.29, 0.717) is 0 Å². The van der Waals surface area contributed by atoms with Crippen molar-refractivity contribution in [2.24, 2.45) is 0 Å². The molecule has 0 aromatic heterocycles. The summed E-state index contributed by atoms with van der Waals surface area (Å²) in [5.41, 5.74) is 0.104. The normalized spacial score (nSPS) is 11.9. The third-order valence-corrected chi connectivity index (χ3v) is 5.99. The Morgan fingerprint density at radius 1 is 0.862 bits per heavy atom. The number of rotatable bonds is 4. The molecule has 0 aliphatic heterocycles. The van der Waals surface area contributed by atoms with Crippen molar-refractivity contribution in [3.05, 3.63) is 89.5 Å². The van der Waals surface area contributed by atoms with E-state index in [1.165, 1.54) is 42.5 Å². The molecule has 0 radical (unpaired) electrons. The number of alkyl halides is 3. The highest BCUT2D eigenvalue weighted by Crippen LogP contribution is 2.30. The van der Waals surface area contributed by atoms with Crippen molar-refractivity contribution in [2.75, 3.05) is 5.32 Å². The molecule has 29 heavy (non-hydrogen) atoms. The molecule has 1 N–H and O–H groups in total. The van der Waals surface area contributed by atoms with Gasteiger partial charge in [-0.15, -0.1) is 0 Å². The monoisotopic (exact) mass is 419 g/mol. The molecule has 1 amide bonds. The summed E-state index contributed by atoms with van der Waals surface area (Å²) in [6, 6.07) is 15.9. The molecular weight excluding hydrogens is 403 g/mol. The molecule has 0 heterocycles. The molecule has 3 aromatic rings. The van der Waals surface area contributed by atoms with Gasteiger partial charge in [-0.25, -0.2) is 8.42 Å². The standard InChI is InChI=1S/C21H16F3NO3S/c1-14-5-9-18(10-6-14)29(27,28)19-11-7-17(8-12-19)25-20(26)15-3-2-4-16(13-15)21(22,23)24/h2-13H,1H3,(H,25,26). The number of amides is 1. The zero-order valence-corrected chi connectivity index (χ0v) is 16.0. The van der Waals surface area contributed by atoms with Crippen molar-refractivity contribution < 1.29 is 26.4 Å². The Balaban J connectivity index is 1.79. The lowest BCUT2D eigenvalue weighted by atomic mass is 10.1. The van der Waals surface area contributed by atoms with E-state index in [9.17, 15) is 26.4 Å². The van der Waals surface area contributed by atoms with Crippen molar-refractivity contribution in [2.45, 2.75) is 22.9 Å². The molecule has 4 nitrogen and oxygen atoms in total. The van der Waals surface area contributed by atoms with Gasteiger partial charge in [-0.3, -0.25) is 4.79 Å². The van der Waals surface area contributed by atoms with E-state index in [1.54, 1.807) is 12.1 Å². The molecule has 0 saturated carbocycles. The highest BCUT2D eigenvalue weighted by molar-refractivity contribution is 7.91. The van der Waals surface area contributed by atoms with Gasteiger partial charge in [0.1, 0.15) is 0 Å². The first kappa shape index (κ1) is 20.6. The number of benzene rings is 3. The molecule has 0 bridgehead atoms. The van der Waals surface area contributed by atoms with Gasteiger partial charge in [0.2, 0.25) is 9.84 Å². The van der Waals surface area contributed by atoms with E-state index in [2.05, 4.69) is 5.32 Å². The van der Waals surface area contributed by atoms with Gasteiger partial charge in [0.25, 0.3) is 5.91 Å². The Morgan fingerprint density at radius 2 is 1.41 bits per heavy atom. The van der Waals surface area contributed by atoms with Crippen molar-refractivity contribution in [3.63, 3.8) is 0 Å². The van der Waals surface area contributed by atoms with Crippen LogP contribution < -0.4 is 5.32 Å². The van der Waals surface area contributed by atoms with Crippen LogP contribution in [0.3, 0.4) is 0 Å². The number of halogens is 3. The van der Waals surface area contributed by atoms with Crippen LogP contribution in [-0.4, -0.2) is 14.3 Å². The number of hydrogen-bond donors (Lipinski definition) is 1. The third kappa shape index (κ3) is 4.65. The van der Waals surface area contributed by atoms with Gasteiger partial charge >= 0.3 is 6.18 Å². The first-order chi connectivity index (χ1) is 13.6. The molecule has 0 aliphatic rings. The van der Waals surface area contributed by atoms with Gasteiger partial charge in [0.15, 0.2) is 0 Å². The summed E-state index contributed by atoms with van der Waals surface area (Å²) in [4.78, 5) is 12.4. The summed E-state index contributed by atoms with van der Waals surface area (Å²) in [7, 11) is -3.71. The molecule has 8 heteroatoms. The molecule has 0 unspecified atom stereocenters. The molecule has 3 rings (SSSR count). The Kier molecular flexibility index (Phi) is 5.48. The van der Waals surface area contributed by atoms with Crippen LogP contribution in [0.1, 0.15) is 21.5 Å². The lowest BCUT2D eigenvalue weighted by Crippen LogP contribution is -2.14. The van der Waals surface area contributed by atoms with Crippen molar-refractivity contribution in [3.8, 4) is 0 Å². The van der Waals surface area contributed by atoms with Gasteiger partial charge in [-0.2, -0.15) is 13.2 Å². The average molecular weight is 419 g/mol. The number of carbonyl (C=O) groups excluding carboxylic acids is 1. The zero-order chi connectivity index (χ0) is 21.2. The van der Waals surface area contributed by atoms with Gasteiger partial charge in [-0.1, -0.05) is 23.8 Å². The molecule has 150 valence electrons. The summed E-state index contributed by atoms with van der Waals surface area (Å²) < 4.78 is 63.6. The maximum Gasteiger partial charge on any atom is 0.416 e. The SMILES string of the molecule is Cc1ccc(S(=O)(=O)c2ccc(NC(=O)c3cccc(C(F)(F)F)c3)cc2)cc1. The van der Waals surface area contributed by atoms with Crippen LogP contribution in [0.2, 0.25) is 0 Å². The van der Waals surface area contributed by atoms with E-state index in [1.807, 2.05) is 6.92 Å². The van der Waals surface area contributed by atoms with E-state index < -0.39 is 27.5 Å². The van der Waals surface area contributed by atoms with E-state index in [4.69, 9.17) is 0 Å². The number of sulfone groups is 1. The summed E-state index contributed by atoms with van der Waals surface area (Å²) in [6.07, 6.45) is -4.55. The largest absolute Gasteiger partial charge is 0.416 e. The molecule has 0 spiro atoms. The maximum absolute atomic E-state index is 12.8. The van der Waals surface area contributed by atoms with Crippen LogP contribution in [0.5, 0.6) is 0 Å². The van der Waals surface area contributed by atoms with Gasteiger partial charge in [0.05, 0.1) is 15.4 Å². The van der Waals surface area contributed by atoms with Gasteiger partial charge in [-0.05, 0) is 61.5 Å². The minimum atomic E-state index is -4.55. The van der Waals surface area contributed by atoms with Crippen LogP contribution in [0, 0.1) is 6.92 Å². The average Bonchev–Trinajstić information content (AvgIpc) is 2.68. The predicted molar refractivity (Wildman–Crippen MR) is 102 cm³/mol. The fourth-order valence-electron chi connectivity index (χ4n) is 2.61. The lowest BCUT2D eigenvalue weighted by molar-refractivity contribution is -0.137. The third-order valence-electron chi connectivity index (χ3n) is 4.21. The second-order valence-corrected chi connectivity index (χ2v) is 8.32.